The number of pyridine rings is 2. The zero-order chi connectivity index (χ0) is 21.4. The molecule has 9 heteroatoms. The second-order valence-electron chi connectivity index (χ2n) is 6.68. The van der Waals surface area contributed by atoms with Crippen molar-refractivity contribution in [2.24, 2.45) is 0 Å². The number of anilines is 1. The number of carboxylic acids is 2. The van der Waals surface area contributed by atoms with Gasteiger partial charge in [0.15, 0.2) is 0 Å². The highest BCUT2D eigenvalue weighted by Crippen LogP contribution is 2.32. The molecule has 5 N–H and O–H groups in total. The first-order valence-electron chi connectivity index (χ1n) is 8.87. The van der Waals surface area contributed by atoms with Gasteiger partial charge in [-0.15, -0.1) is 0 Å². The van der Waals surface area contributed by atoms with Gasteiger partial charge in [0.1, 0.15) is 16.9 Å². The number of fused-ring (bicyclic) bond motifs is 1. The Hall–Kier alpha value is -4.40. The van der Waals surface area contributed by atoms with Crippen LogP contribution in [-0.4, -0.2) is 36.7 Å². The van der Waals surface area contributed by atoms with Crippen LogP contribution in [-0.2, 0) is 6.54 Å². The molecule has 30 heavy (non-hydrogen) atoms. The van der Waals surface area contributed by atoms with Crippen LogP contribution in [0.3, 0.4) is 0 Å². The molecule has 3 heterocycles. The minimum Gasteiger partial charge on any atom is -0.478 e. The molecule has 0 spiro atoms. The Bertz CT molecular complexity index is 1360. The van der Waals surface area contributed by atoms with Gasteiger partial charge in [-0.05, 0) is 34.7 Å². The largest absolute Gasteiger partial charge is 0.478 e. The van der Waals surface area contributed by atoms with Crippen molar-refractivity contribution in [2.75, 3.05) is 5.73 Å². The maximum atomic E-state index is 12.3. The normalized spacial score (nSPS) is 10.9. The fourth-order valence-electron chi connectivity index (χ4n) is 3.50. The molecule has 3 aromatic heterocycles. The standard InChI is InChI=1S/C21H16N4O5/c22-18-16(20(27)28)15(17(21(29)30)19(26)24-18)13-4-3-12-5-7-25(14(12)8-13)10-11-2-1-6-23-9-11/h1-9H,10H2,(H,27,28)(H,29,30)(H3,22,24,26). The Labute approximate surface area is 169 Å². The molecule has 0 unspecified atom stereocenters. The SMILES string of the molecule is Nc1[nH]c(=O)c(C(=O)O)c(-c2ccc3ccn(Cc4cccnc4)c3c2)c1C(=O)O. The molecular weight excluding hydrogens is 388 g/mol. The molecule has 0 aliphatic rings. The molecule has 0 bridgehead atoms. The van der Waals surface area contributed by atoms with Crippen molar-refractivity contribution in [3.05, 3.63) is 82.0 Å². The van der Waals surface area contributed by atoms with Crippen LogP contribution in [0.5, 0.6) is 0 Å². The maximum Gasteiger partial charge on any atom is 0.342 e. The molecule has 0 aliphatic carbocycles. The molecule has 0 aliphatic heterocycles. The van der Waals surface area contributed by atoms with Crippen molar-refractivity contribution in [1.29, 1.82) is 0 Å². The molecule has 150 valence electrons. The summed E-state index contributed by atoms with van der Waals surface area (Å²) in [6.07, 6.45) is 5.27. The molecule has 0 fully saturated rings. The lowest BCUT2D eigenvalue weighted by atomic mass is 9.95. The van der Waals surface area contributed by atoms with E-state index in [0.717, 1.165) is 16.5 Å². The molecule has 4 rings (SSSR count). The number of carboxylic acid groups (broad SMARTS) is 2. The summed E-state index contributed by atoms with van der Waals surface area (Å²) in [4.78, 5) is 42.0. The maximum absolute atomic E-state index is 12.3. The van der Waals surface area contributed by atoms with Gasteiger partial charge in [0.2, 0.25) is 0 Å². The predicted octanol–water partition coefficient (Wildman–Crippen LogP) is 2.42. The zero-order valence-electron chi connectivity index (χ0n) is 15.5. The van der Waals surface area contributed by atoms with E-state index < -0.39 is 34.4 Å². The summed E-state index contributed by atoms with van der Waals surface area (Å²) in [6, 6.07) is 10.6. The number of H-pyrrole nitrogens is 1. The molecule has 4 aromatic rings. The van der Waals surface area contributed by atoms with E-state index in [1.807, 2.05) is 29.0 Å². The first-order chi connectivity index (χ1) is 14.4. The zero-order valence-corrected chi connectivity index (χ0v) is 15.5. The summed E-state index contributed by atoms with van der Waals surface area (Å²) < 4.78 is 1.92. The van der Waals surface area contributed by atoms with Gasteiger partial charge in [-0.25, -0.2) is 9.59 Å². The van der Waals surface area contributed by atoms with Crippen LogP contribution in [0.15, 0.2) is 59.8 Å². The van der Waals surface area contributed by atoms with Crippen molar-refractivity contribution >= 4 is 28.7 Å². The third-order valence-corrected chi connectivity index (χ3v) is 4.81. The van der Waals surface area contributed by atoms with E-state index in [0.29, 0.717) is 6.54 Å². The lowest BCUT2D eigenvalue weighted by Crippen LogP contribution is -2.24. The van der Waals surface area contributed by atoms with Crippen LogP contribution < -0.4 is 11.3 Å². The number of nitrogen functional groups attached to an aromatic ring is 1. The van der Waals surface area contributed by atoms with Crippen LogP contribution in [0.2, 0.25) is 0 Å². The number of carbonyl (C=O) groups is 2. The fourth-order valence-corrected chi connectivity index (χ4v) is 3.50. The molecule has 0 atom stereocenters. The highest BCUT2D eigenvalue weighted by molar-refractivity contribution is 6.08. The molecule has 0 saturated carbocycles. The summed E-state index contributed by atoms with van der Waals surface area (Å²) in [7, 11) is 0. The first-order valence-corrected chi connectivity index (χ1v) is 8.87. The number of rotatable bonds is 5. The van der Waals surface area contributed by atoms with E-state index in [2.05, 4.69) is 9.97 Å². The van der Waals surface area contributed by atoms with E-state index in [-0.39, 0.29) is 11.1 Å². The number of hydrogen-bond donors (Lipinski definition) is 4. The highest BCUT2D eigenvalue weighted by Gasteiger charge is 2.26. The monoisotopic (exact) mass is 404 g/mol. The van der Waals surface area contributed by atoms with E-state index in [9.17, 15) is 24.6 Å². The summed E-state index contributed by atoms with van der Waals surface area (Å²) in [5.41, 5.74) is 5.34. The second-order valence-corrected chi connectivity index (χ2v) is 6.68. The summed E-state index contributed by atoms with van der Waals surface area (Å²) in [5, 5.41) is 20.1. The molecule has 0 saturated heterocycles. The van der Waals surface area contributed by atoms with Crippen LogP contribution in [0.25, 0.3) is 22.0 Å². The predicted molar refractivity (Wildman–Crippen MR) is 110 cm³/mol. The topological polar surface area (TPSA) is 151 Å². The molecule has 0 amide bonds. The van der Waals surface area contributed by atoms with Gasteiger partial charge in [0.05, 0.1) is 0 Å². The first kappa shape index (κ1) is 18.9. The quantitative estimate of drug-likeness (QED) is 0.399. The number of nitrogens with zero attached hydrogens (tertiary/aromatic N) is 2. The highest BCUT2D eigenvalue weighted by atomic mass is 16.4. The van der Waals surface area contributed by atoms with Gasteiger partial charge in [-0.3, -0.25) is 9.78 Å². The van der Waals surface area contributed by atoms with Gasteiger partial charge in [0.25, 0.3) is 5.56 Å². The Morgan fingerprint density at radius 2 is 1.87 bits per heavy atom. The second kappa shape index (κ2) is 7.21. The van der Waals surface area contributed by atoms with Gasteiger partial charge < -0.3 is 25.5 Å². The van der Waals surface area contributed by atoms with Crippen molar-refractivity contribution in [3.63, 3.8) is 0 Å². The molecule has 0 radical (unpaired) electrons. The average molecular weight is 404 g/mol. The lowest BCUT2D eigenvalue weighted by molar-refractivity contribution is 0.0695. The third-order valence-electron chi connectivity index (χ3n) is 4.81. The Balaban J connectivity index is 1.96. The molecule has 1 aromatic carbocycles. The number of aromatic carboxylic acids is 2. The van der Waals surface area contributed by atoms with E-state index in [4.69, 9.17) is 5.73 Å². The van der Waals surface area contributed by atoms with Gasteiger partial charge in [0, 0.05) is 36.2 Å². The number of hydrogen-bond acceptors (Lipinski definition) is 5. The number of aromatic amines is 1. The Morgan fingerprint density at radius 1 is 1.10 bits per heavy atom. The van der Waals surface area contributed by atoms with Gasteiger partial charge in [-0.1, -0.05) is 18.2 Å². The summed E-state index contributed by atoms with van der Waals surface area (Å²) in [6.45, 7) is 0.510. The van der Waals surface area contributed by atoms with Crippen LogP contribution in [0.1, 0.15) is 26.3 Å². The summed E-state index contributed by atoms with van der Waals surface area (Å²) in [5.74, 6) is -3.38. The van der Waals surface area contributed by atoms with E-state index >= 15 is 0 Å². The minimum atomic E-state index is -1.54. The van der Waals surface area contributed by atoms with Crippen LogP contribution >= 0.6 is 0 Å². The van der Waals surface area contributed by atoms with Crippen molar-refractivity contribution in [2.45, 2.75) is 6.54 Å². The minimum absolute atomic E-state index is 0.229. The Morgan fingerprint density at radius 3 is 2.53 bits per heavy atom. The van der Waals surface area contributed by atoms with E-state index in [1.165, 1.54) is 0 Å². The number of benzene rings is 1. The number of aromatic nitrogens is 3. The molecular formula is C21H16N4O5. The summed E-state index contributed by atoms with van der Waals surface area (Å²) >= 11 is 0. The Kier molecular flexibility index (Phi) is 4.55. The smallest absolute Gasteiger partial charge is 0.342 e. The van der Waals surface area contributed by atoms with Gasteiger partial charge >= 0.3 is 11.9 Å². The number of nitrogens with one attached hydrogen (secondary N) is 1. The fraction of sp³-hybridized carbons (Fsp3) is 0.0476. The lowest BCUT2D eigenvalue weighted by Gasteiger charge is -2.13. The van der Waals surface area contributed by atoms with Crippen molar-refractivity contribution in [1.82, 2.24) is 14.5 Å². The van der Waals surface area contributed by atoms with Crippen molar-refractivity contribution in [3.8, 4) is 11.1 Å². The van der Waals surface area contributed by atoms with Gasteiger partial charge in [-0.2, -0.15) is 0 Å². The van der Waals surface area contributed by atoms with Crippen LogP contribution in [0, 0.1) is 0 Å². The number of nitrogens with two attached hydrogens (primary N) is 1. The van der Waals surface area contributed by atoms with Crippen LogP contribution in [0.4, 0.5) is 5.82 Å². The van der Waals surface area contributed by atoms with Crippen molar-refractivity contribution < 1.29 is 19.8 Å². The van der Waals surface area contributed by atoms with E-state index in [1.54, 1.807) is 30.6 Å². The third kappa shape index (κ3) is 3.18. The molecule has 9 nitrogen and oxygen atoms in total. The average Bonchev–Trinajstić information content (AvgIpc) is 3.09.